The van der Waals surface area contributed by atoms with Crippen LogP contribution >= 0.6 is 11.6 Å². The van der Waals surface area contributed by atoms with Gasteiger partial charge in [0.05, 0.1) is 10.7 Å². The van der Waals surface area contributed by atoms with Gasteiger partial charge >= 0.3 is 6.08 Å². The molecule has 0 saturated heterocycles. The first-order valence-electron chi connectivity index (χ1n) is 5.85. The van der Waals surface area contributed by atoms with Gasteiger partial charge in [0.1, 0.15) is 17.8 Å². The average molecular weight is 285 g/mol. The van der Waals surface area contributed by atoms with Crippen LogP contribution in [-0.4, -0.2) is 11.0 Å². The van der Waals surface area contributed by atoms with Crippen LogP contribution in [0.5, 0.6) is 11.8 Å². The standard InChI is InChI=1S/C13H14ClFN2O2/c1-8(2)16-6-9-7-18-13(17-9)19-10-3-4-12(15)11(14)5-10/h3-5,7-8,16H,6H2,1-2H3. The summed E-state index contributed by atoms with van der Waals surface area (Å²) in [6.45, 7) is 4.67. The van der Waals surface area contributed by atoms with Gasteiger partial charge in [-0.15, -0.1) is 0 Å². The molecular weight excluding hydrogens is 271 g/mol. The monoisotopic (exact) mass is 284 g/mol. The Labute approximate surface area is 115 Å². The third kappa shape index (κ3) is 3.94. The molecule has 0 bridgehead atoms. The summed E-state index contributed by atoms with van der Waals surface area (Å²) in [5, 5.41) is 3.20. The Morgan fingerprint density at radius 3 is 2.95 bits per heavy atom. The van der Waals surface area contributed by atoms with Crippen LogP contribution in [0, 0.1) is 5.82 Å². The zero-order chi connectivity index (χ0) is 13.8. The number of benzene rings is 1. The molecule has 1 aromatic heterocycles. The van der Waals surface area contributed by atoms with Crippen LogP contribution in [0.25, 0.3) is 0 Å². The maximum Gasteiger partial charge on any atom is 0.399 e. The van der Waals surface area contributed by atoms with Crippen molar-refractivity contribution in [2.45, 2.75) is 26.4 Å². The molecule has 1 N–H and O–H groups in total. The number of aromatic nitrogens is 1. The van der Waals surface area contributed by atoms with Gasteiger partial charge < -0.3 is 14.5 Å². The van der Waals surface area contributed by atoms with Crippen molar-refractivity contribution in [3.05, 3.63) is 41.0 Å². The Morgan fingerprint density at radius 1 is 1.47 bits per heavy atom. The van der Waals surface area contributed by atoms with Crippen LogP contribution in [0.4, 0.5) is 4.39 Å². The zero-order valence-corrected chi connectivity index (χ0v) is 11.4. The predicted molar refractivity (Wildman–Crippen MR) is 70.0 cm³/mol. The van der Waals surface area contributed by atoms with Crippen molar-refractivity contribution < 1.29 is 13.5 Å². The smallest absolute Gasteiger partial charge is 0.399 e. The van der Waals surface area contributed by atoms with E-state index in [0.29, 0.717) is 18.3 Å². The molecule has 0 amide bonds. The molecule has 2 rings (SSSR count). The quantitative estimate of drug-likeness (QED) is 0.908. The van der Waals surface area contributed by atoms with E-state index in [-0.39, 0.29) is 11.1 Å². The van der Waals surface area contributed by atoms with Gasteiger partial charge in [-0.05, 0) is 12.1 Å². The Balaban J connectivity index is 2.01. The van der Waals surface area contributed by atoms with Gasteiger partial charge in [0.15, 0.2) is 0 Å². The zero-order valence-electron chi connectivity index (χ0n) is 10.6. The lowest BCUT2D eigenvalue weighted by atomic mass is 10.3. The van der Waals surface area contributed by atoms with E-state index in [4.69, 9.17) is 20.8 Å². The highest BCUT2D eigenvalue weighted by Gasteiger charge is 2.08. The van der Waals surface area contributed by atoms with E-state index in [0.717, 1.165) is 5.69 Å². The van der Waals surface area contributed by atoms with Crippen LogP contribution in [0.3, 0.4) is 0 Å². The minimum absolute atomic E-state index is 0.00856. The molecule has 0 unspecified atom stereocenters. The molecule has 0 aliphatic rings. The lowest BCUT2D eigenvalue weighted by Crippen LogP contribution is -2.21. The average Bonchev–Trinajstić information content (AvgIpc) is 2.79. The highest BCUT2D eigenvalue weighted by molar-refractivity contribution is 6.30. The van der Waals surface area contributed by atoms with Gasteiger partial charge in [-0.3, -0.25) is 0 Å². The first-order valence-corrected chi connectivity index (χ1v) is 6.23. The summed E-state index contributed by atoms with van der Waals surface area (Å²) in [7, 11) is 0. The van der Waals surface area contributed by atoms with E-state index in [9.17, 15) is 4.39 Å². The largest absolute Gasteiger partial charge is 0.417 e. The van der Waals surface area contributed by atoms with Crippen LogP contribution in [0.15, 0.2) is 28.9 Å². The molecule has 0 aliphatic heterocycles. The van der Waals surface area contributed by atoms with Crippen molar-refractivity contribution in [2.24, 2.45) is 0 Å². The van der Waals surface area contributed by atoms with E-state index < -0.39 is 5.82 Å². The number of rotatable bonds is 5. The summed E-state index contributed by atoms with van der Waals surface area (Å²) < 4.78 is 23.5. The molecule has 0 aliphatic carbocycles. The lowest BCUT2D eigenvalue weighted by Gasteiger charge is -2.04. The van der Waals surface area contributed by atoms with Gasteiger partial charge in [0.2, 0.25) is 0 Å². The lowest BCUT2D eigenvalue weighted by molar-refractivity contribution is 0.330. The summed E-state index contributed by atoms with van der Waals surface area (Å²) in [6.07, 6.45) is 1.61. The fourth-order valence-electron chi connectivity index (χ4n) is 1.37. The maximum absolute atomic E-state index is 13.0. The molecule has 6 heteroatoms. The number of ether oxygens (including phenoxy) is 1. The number of nitrogens with zero attached hydrogens (tertiary/aromatic N) is 1. The van der Waals surface area contributed by atoms with E-state index >= 15 is 0 Å². The Morgan fingerprint density at radius 2 is 2.26 bits per heavy atom. The van der Waals surface area contributed by atoms with Crippen molar-refractivity contribution in [2.75, 3.05) is 0 Å². The van der Waals surface area contributed by atoms with Crippen LogP contribution in [0.2, 0.25) is 5.02 Å². The summed E-state index contributed by atoms with van der Waals surface area (Å²) >= 11 is 5.65. The van der Waals surface area contributed by atoms with E-state index in [1.807, 2.05) is 13.8 Å². The third-order valence-electron chi connectivity index (χ3n) is 2.32. The molecule has 19 heavy (non-hydrogen) atoms. The van der Waals surface area contributed by atoms with Gasteiger partial charge in [-0.25, -0.2) is 4.39 Å². The van der Waals surface area contributed by atoms with Crippen molar-refractivity contribution in [1.29, 1.82) is 0 Å². The maximum atomic E-state index is 13.0. The predicted octanol–water partition coefficient (Wildman–Crippen LogP) is 3.76. The summed E-state index contributed by atoms with van der Waals surface area (Å²) in [5.74, 6) is -0.125. The number of nitrogens with one attached hydrogen (secondary N) is 1. The summed E-state index contributed by atoms with van der Waals surface area (Å²) in [4.78, 5) is 4.14. The molecule has 1 heterocycles. The van der Waals surface area contributed by atoms with Gasteiger partial charge in [0.25, 0.3) is 0 Å². The second-order valence-corrected chi connectivity index (χ2v) is 4.73. The number of halogens is 2. The van der Waals surface area contributed by atoms with E-state index in [2.05, 4.69) is 10.3 Å². The molecule has 0 spiro atoms. The molecule has 0 saturated carbocycles. The van der Waals surface area contributed by atoms with Gasteiger partial charge in [-0.2, -0.15) is 4.98 Å². The number of hydrogen-bond acceptors (Lipinski definition) is 4. The first-order chi connectivity index (χ1) is 9.04. The van der Waals surface area contributed by atoms with Crippen molar-refractivity contribution in [3.8, 4) is 11.8 Å². The van der Waals surface area contributed by atoms with Crippen molar-refractivity contribution >= 4 is 11.6 Å². The van der Waals surface area contributed by atoms with Gasteiger partial charge in [0, 0.05) is 18.7 Å². The highest BCUT2D eigenvalue weighted by Crippen LogP contribution is 2.25. The molecule has 0 radical (unpaired) electrons. The molecule has 4 nitrogen and oxygen atoms in total. The van der Waals surface area contributed by atoms with Crippen LogP contribution in [0.1, 0.15) is 19.5 Å². The first kappa shape index (κ1) is 13.8. The van der Waals surface area contributed by atoms with Crippen molar-refractivity contribution in [3.63, 3.8) is 0 Å². The Bertz CT molecular complexity index is 557. The molecular formula is C13H14ClFN2O2. The van der Waals surface area contributed by atoms with E-state index in [1.165, 1.54) is 24.5 Å². The topological polar surface area (TPSA) is 47.3 Å². The Hall–Kier alpha value is -1.59. The van der Waals surface area contributed by atoms with Crippen molar-refractivity contribution in [1.82, 2.24) is 10.3 Å². The normalized spacial score (nSPS) is 11.0. The second kappa shape index (κ2) is 6.04. The number of oxazole rings is 1. The highest BCUT2D eigenvalue weighted by atomic mass is 35.5. The number of hydrogen-bond donors (Lipinski definition) is 1. The molecule has 102 valence electrons. The summed E-state index contributed by atoms with van der Waals surface area (Å²) in [5.41, 5.74) is 0.733. The molecule has 2 aromatic rings. The molecule has 1 aromatic carbocycles. The summed E-state index contributed by atoms with van der Waals surface area (Å²) in [6, 6.07) is 4.41. The molecule has 0 fully saturated rings. The van der Waals surface area contributed by atoms with Gasteiger partial charge in [-0.1, -0.05) is 25.4 Å². The Kier molecular flexibility index (Phi) is 4.39. The van der Waals surface area contributed by atoms with E-state index in [1.54, 1.807) is 0 Å². The fraction of sp³-hybridized carbons (Fsp3) is 0.308. The molecule has 0 atom stereocenters. The van der Waals surface area contributed by atoms with Crippen LogP contribution < -0.4 is 10.1 Å². The SMILES string of the molecule is CC(C)NCc1coc(Oc2ccc(F)c(Cl)c2)n1. The fourth-order valence-corrected chi connectivity index (χ4v) is 1.54. The minimum Gasteiger partial charge on any atom is -0.417 e. The third-order valence-corrected chi connectivity index (χ3v) is 2.61. The second-order valence-electron chi connectivity index (χ2n) is 4.32. The van der Waals surface area contributed by atoms with Crippen LogP contribution in [-0.2, 0) is 6.54 Å². The minimum atomic E-state index is -0.497.